The maximum atomic E-state index is 13.3. The molecule has 164 valence electrons. The van der Waals surface area contributed by atoms with Crippen LogP contribution in [0.15, 0.2) is 70.5 Å². The molecule has 1 amide bonds. The maximum Gasteiger partial charge on any atom is 0.281 e. The summed E-state index contributed by atoms with van der Waals surface area (Å²) in [5, 5.41) is 8.81. The number of thioether (sulfide) groups is 1. The van der Waals surface area contributed by atoms with Crippen LogP contribution in [-0.2, 0) is 4.79 Å². The molecule has 0 aliphatic rings. The average Bonchev–Trinajstić information content (AvgIpc) is 3.06. The lowest BCUT2D eigenvalue weighted by Gasteiger charge is -2.21. The molecule has 2 aromatic heterocycles. The van der Waals surface area contributed by atoms with Crippen molar-refractivity contribution in [2.75, 3.05) is 11.6 Å². The monoisotopic (exact) mass is 446 g/mol. The van der Waals surface area contributed by atoms with E-state index in [-0.39, 0.29) is 11.5 Å². The number of carbonyl (C=O) groups is 1. The minimum Gasteiger partial charge on any atom is -0.335 e. The maximum absolute atomic E-state index is 13.3. The largest absolute Gasteiger partial charge is 0.335 e. The number of carbonyl (C=O) groups excluding carboxylic acids is 1. The molecule has 0 saturated carbocycles. The molecule has 32 heavy (non-hydrogen) atoms. The smallest absolute Gasteiger partial charge is 0.281 e. The first-order valence-electron chi connectivity index (χ1n) is 10.6. The van der Waals surface area contributed by atoms with Gasteiger partial charge < -0.3 is 9.88 Å². The van der Waals surface area contributed by atoms with Crippen molar-refractivity contribution in [1.82, 2.24) is 14.3 Å². The highest BCUT2D eigenvalue weighted by molar-refractivity contribution is 7.98. The fourth-order valence-corrected chi connectivity index (χ4v) is 4.67. The van der Waals surface area contributed by atoms with Crippen LogP contribution < -0.4 is 10.9 Å². The average molecular weight is 447 g/mol. The van der Waals surface area contributed by atoms with Crippen LogP contribution in [-0.4, -0.2) is 26.5 Å². The summed E-state index contributed by atoms with van der Waals surface area (Å²) in [4.78, 5) is 27.7. The molecular formula is C25H26N4O2S. The van der Waals surface area contributed by atoms with Crippen molar-refractivity contribution in [3.05, 3.63) is 82.5 Å². The normalized spacial score (nSPS) is 12.1. The molecule has 0 aliphatic carbocycles. The van der Waals surface area contributed by atoms with Crippen LogP contribution in [0.3, 0.4) is 0 Å². The van der Waals surface area contributed by atoms with Crippen molar-refractivity contribution in [3.63, 3.8) is 0 Å². The van der Waals surface area contributed by atoms with Gasteiger partial charge in [-0.25, -0.2) is 0 Å². The fourth-order valence-electron chi connectivity index (χ4n) is 4.21. The number of nitrogens with one attached hydrogen (secondary N) is 1. The SMILES string of the molecule is CC[C@@H](C(=O)Nc1cccc(SC)c1)n1c(C)c2cnn(-c3ccccc3)c(=O)c2c1C. The molecule has 0 unspecified atom stereocenters. The molecule has 4 aromatic rings. The van der Waals surface area contributed by atoms with Crippen LogP contribution in [0, 0.1) is 13.8 Å². The summed E-state index contributed by atoms with van der Waals surface area (Å²) in [7, 11) is 0. The summed E-state index contributed by atoms with van der Waals surface area (Å²) in [6.07, 6.45) is 4.32. The van der Waals surface area contributed by atoms with Gasteiger partial charge in [-0.05, 0) is 56.9 Å². The van der Waals surface area contributed by atoms with Gasteiger partial charge in [0.2, 0.25) is 5.91 Å². The molecule has 1 atom stereocenters. The van der Waals surface area contributed by atoms with Crippen LogP contribution in [0.1, 0.15) is 30.8 Å². The van der Waals surface area contributed by atoms with Gasteiger partial charge in [0.15, 0.2) is 0 Å². The van der Waals surface area contributed by atoms with Crippen molar-refractivity contribution in [2.24, 2.45) is 0 Å². The van der Waals surface area contributed by atoms with E-state index in [9.17, 15) is 9.59 Å². The molecule has 0 spiro atoms. The van der Waals surface area contributed by atoms with Gasteiger partial charge in [-0.15, -0.1) is 11.8 Å². The first kappa shape index (κ1) is 21.9. The lowest BCUT2D eigenvalue weighted by molar-refractivity contribution is -0.119. The number of para-hydroxylation sites is 1. The number of hydrogen-bond acceptors (Lipinski definition) is 4. The van der Waals surface area contributed by atoms with Crippen LogP contribution in [0.4, 0.5) is 5.69 Å². The number of benzene rings is 2. The highest BCUT2D eigenvalue weighted by Crippen LogP contribution is 2.29. The molecular weight excluding hydrogens is 420 g/mol. The highest BCUT2D eigenvalue weighted by atomic mass is 32.2. The van der Waals surface area contributed by atoms with Gasteiger partial charge in [0.1, 0.15) is 6.04 Å². The molecule has 4 rings (SSSR count). The highest BCUT2D eigenvalue weighted by Gasteiger charge is 2.26. The van der Waals surface area contributed by atoms with E-state index in [1.165, 1.54) is 4.68 Å². The van der Waals surface area contributed by atoms with Crippen molar-refractivity contribution >= 4 is 34.1 Å². The lowest BCUT2D eigenvalue weighted by Crippen LogP contribution is -2.27. The third kappa shape index (κ3) is 3.84. The van der Waals surface area contributed by atoms with Crippen molar-refractivity contribution in [3.8, 4) is 5.69 Å². The minimum atomic E-state index is -0.440. The van der Waals surface area contributed by atoms with Crippen LogP contribution in [0.2, 0.25) is 0 Å². The molecule has 7 heteroatoms. The number of aromatic nitrogens is 3. The summed E-state index contributed by atoms with van der Waals surface area (Å²) < 4.78 is 3.38. The van der Waals surface area contributed by atoms with Crippen molar-refractivity contribution in [2.45, 2.75) is 38.1 Å². The standard InChI is InChI=1S/C25H26N4O2S/c1-5-22(24(30)27-18-10-9-13-20(14-18)32-4)28-16(2)21-15-26-29(19-11-7-6-8-12-19)25(31)23(21)17(28)3/h6-15,22H,5H2,1-4H3,(H,27,30)/t22-/m0/s1. The van der Waals surface area contributed by atoms with Crippen LogP contribution in [0.25, 0.3) is 16.5 Å². The van der Waals surface area contributed by atoms with Gasteiger partial charge in [-0.2, -0.15) is 9.78 Å². The van der Waals surface area contributed by atoms with Gasteiger partial charge in [-0.1, -0.05) is 31.2 Å². The van der Waals surface area contributed by atoms with Gasteiger partial charge in [0, 0.05) is 27.4 Å². The quantitative estimate of drug-likeness (QED) is 0.418. The van der Waals surface area contributed by atoms with Gasteiger partial charge >= 0.3 is 0 Å². The van der Waals surface area contributed by atoms with E-state index in [2.05, 4.69) is 10.4 Å². The van der Waals surface area contributed by atoms with Gasteiger partial charge in [0.25, 0.3) is 5.56 Å². The molecule has 0 aliphatic heterocycles. The third-order valence-corrected chi connectivity index (χ3v) is 6.52. The summed E-state index contributed by atoms with van der Waals surface area (Å²) in [5.41, 5.74) is 2.93. The van der Waals surface area contributed by atoms with E-state index in [4.69, 9.17) is 0 Å². The zero-order chi connectivity index (χ0) is 22.8. The first-order valence-corrected chi connectivity index (χ1v) is 11.8. The zero-order valence-corrected chi connectivity index (χ0v) is 19.4. The lowest BCUT2D eigenvalue weighted by atomic mass is 10.2. The predicted octanol–water partition coefficient (Wildman–Crippen LogP) is 5.12. The Balaban J connectivity index is 1.78. The number of fused-ring (bicyclic) bond motifs is 1. The second-order valence-corrected chi connectivity index (χ2v) is 8.55. The molecule has 0 bridgehead atoms. The molecule has 0 radical (unpaired) electrons. The van der Waals surface area contributed by atoms with E-state index in [1.807, 2.05) is 86.2 Å². The molecule has 1 N–H and O–H groups in total. The molecule has 0 fully saturated rings. The van der Waals surface area contributed by atoms with E-state index < -0.39 is 6.04 Å². The summed E-state index contributed by atoms with van der Waals surface area (Å²) in [6, 6.07) is 16.7. The number of aryl methyl sites for hydroxylation is 2. The Hall–Kier alpha value is -3.32. The second-order valence-electron chi connectivity index (χ2n) is 7.67. The predicted molar refractivity (Wildman–Crippen MR) is 131 cm³/mol. The van der Waals surface area contributed by atoms with Gasteiger partial charge in [-0.3, -0.25) is 9.59 Å². The summed E-state index contributed by atoms with van der Waals surface area (Å²) >= 11 is 1.63. The number of nitrogens with zero attached hydrogens (tertiary/aromatic N) is 3. The van der Waals surface area contributed by atoms with Crippen LogP contribution in [0.5, 0.6) is 0 Å². The fraction of sp³-hybridized carbons (Fsp3) is 0.240. The molecule has 2 heterocycles. The number of amides is 1. The van der Waals surface area contributed by atoms with E-state index in [1.54, 1.807) is 18.0 Å². The minimum absolute atomic E-state index is 0.103. The Bertz CT molecular complexity index is 1340. The van der Waals surface area contributed by atoms with Gasteiger partial charge in [0.05, 0.1) is 17.3 Å². The molecule has 6 nitrogen and oxygen atoms in total. The number of hydrogen-bond donors (Lipinski definition) is 1. The third-order valence-electron chi connectivity index (χ3n) is 5.79. The molecule has 0 saturated heterocycles. The van der Waals surface area contributed by atoms with Crippen molar-refractivity contribution in [1.29, 1.82) is 0 Å². The zero-order valence-electron chi connectivity index (χ0n) is 18.6. The summed E-state index contributed by atoms with van der Waals surface area (Å²) in [5.74, 6) is -0.103. The Kier molecular flexibility index (Phi) is 6.19. The Morgan fingerprint density at radius 3 is 2.53 bits per heavy atom. The van der Waals surface area contributed by atoms with E-state index in [0.717, 1.165) is 27.4 Å². The Morgan fingerprint density at radius 2 is 1.84 bits per heavy atom. The summed E-state index contributed by atoms with van der Waals surface area (Å²) in [6.45, 7) is 5.82. The van der Waals surface area contributed by atoms with E-state index in [0.29, 0.717) is 17.5 Å². The van der Waals surface area contributed by atoms with Crippen LogP contribution >= 0.6 is 11.8 Å². The Labute approximate surface area is 191 Å². The Morgan fingerprint density at radius 1 is 1.09 bits per heavy atom. The second kappa shape index (κ2) is 9.04. The van der Waals surface area contributed by atoms with Crippen molar-refractivity contribution < 1.29 is 4.79 Å². The number of anilines is 1. The topological polar surface area (TPSA) is 68.9 Å². The van der Waals surface area contributed by atoms with E-state index >= 15 is 0 Å². The molecule has 2 aromatic carbocycles. The first-order chi connectivity index (χ1) is 15.5. The number of rotatable bonds is 6.